The van der Waals surface area contributed by atoms with Gasteiger partial charge in [0.2, 0.25) is 11.6 Å². The maximum Gasteiger partial charge on any atom is 0.338 e. The molecular weight excluding hydrogens is 880 g/mol. The number of aliphatic hydroxyl groups excluding tert-OH is 9. The molecule has 24 heteroatoms. The molecule has 1 aromatic rings. The first kappa shape index (κ1) is 48.1. The van der Waals surface area contributed by atoms with Crippen LogP contribution in [-0.4, -0.2) is 224 Å². The molecule has 7 aliphatic rings. The molecule has 0 unspecified atom stereocenters. The van der Waals surface area contributed by atoms with Crippen molar-refractivity contribution in [1.82, 2.24) is 0 Å². The number of aliphatic hydroxyl groups is 10. The zero-order valence-electron chi connectivity index (χ0n) is 34.8. The zero-order chi connectivity index (χ0) is 46.3. The number of carbonyl (C=O) groups excluding carboxylic acids is 2. The van der Waals surface area contributed by atoms with Crippen molar-refractivity contribution in [2.75, 3.05) is 19.0 Å². The van der Waals surface area contributed by atoms with Gasteiger partial charge in [-0.25, -0.2) is 4.79 Å². The van der Waals surface area contributed by atoms with Crippen LogP contribution < -0.4 is 0 Å². The standard InChI is InChI=1S/C40H56O23S/c1-13-11-55-39(9-19(13)58-34(51)16-4-6-17(42)7-5-16)38(52)40(53)22(43)8-18-21(12-64(54)32(18)33(40)63-39)60-37-31(27(48)24(45)15(3)57-37)62-36-29(50)30(25(46)20(10-41)59-36)61-35-28(49)26(47)23(44)14(2)56-35/h4-7,13-15,18-33,35-37,41-50,53H,8-12H2,1-3H3/t13-,14+,15-,18-,19+,20-,21+,22+,23+,24-,25-,26-,27+,28-,29-,30+,31-,32+,33-,35+,36+,37+,39+,40-,64-/m1/s1. The van der Waals surface area contributed by atoms with E-state index in [0.29, 0.717) is 0 Å². The minimum atomic E-state index is -2.62. The van der Waals surface area contributed by atoms with E-state index in [2.05, 4.69) is 0 Å². The van der Waals surface area contributed by atoms with Gasteiger partial charge in [0, 0.05) is 29.1 Å². The monoisotopic (exact) mass is 936 g/mol. The van der Waals surface area contributed by atoms with E-state index in [4.69, 9.17) is 42.6 Å². The lowest BCUT2D eigenvalue weighted by molar-refractivity contribution is -0.386. The predicted octanol–water partition coefficient (Wildman–Crippen LogP) is -5.23. The van der Waals surface area contributed by atoms with Crippen molar-refractivity contribution < 1.29 is 113 Å². The van der Waals surface area contributed by atoms with Crippen LogP contribution in [0.2, 0.25) is 0 Å². The smallest absolute Gasteiger partial charge is 0.338 e. The van der Waals surface area contributed by atoms with Crippen molar-refractivity contribution in [3.8, 4) is 5.75 Å². The number of ether oxygens (including phenoxy) is 9. The summed E-state index contributed by atoms with van der Waals surface area (Å²) < 4.78 is 67.1. The van der Waals surface area contributed by atoms with Crippen LogP contribution in [0.4, 0.5) is 0 Å². The van der Waals surface area contributed by atoms with E-state index in [1.807, 2.05) is 0 Å². The third-order valence-electron chi connectivity index (χ3n) is 13.6. The number of phenolic OH excluding ortho intramolecular Hbond substituents is 1. The van der Waals surface area contributed by atoms with Gasteiger partial charge in [0.05, 0.1) is 54.2 Å². The number of rotatable bonds is 9. The maximum absolute atomic E-state index is 14.2. The number of carbonyl (C=O) groups is 2. The summed E-state index contributed by atoms with van der Waals surface area (Å²) in [6, 6.07) is 5.30. The molecule has 360 valence electrons. The van der Waals surface area contributed by atoms with Gasteiger partial charge < -0.3 is 98.8 Å². The highest BCUT2D eigenvalue weighted by Crippen LogP contribution is 2.53. The van der Waals surface area contributed by atoms with Crippen LogP contribution in [0, 0.1) is 11.8 Å². The molecule has 0 bridgehead atoms. The average molecular weight is 937 g/mol. The molecule has 0 amide bonds. The lowest BCUT2D eigenvalue weighted by Crippen LogP contribution is -2.66. The van der Waals surface area contributed by atoms with Gasteiger partial charge in [-0.1, -0.05) is 6.92 Å². The molecule has 7 fully saturated rings. The fraction of sp³-hybridized carbons (Fsp3) is 0.800. The van der Waals surface area contributed by atoms with Crippen molar-refractivity contribution in [1.29, 1.82) is 0 Å². The van der Waals surface area contributed by atoms with E-state index >= 15 is 0 Å². The van der Waals surface area contributed by atoms with Gasteiger partial charge in [-0.2, -0.15) is 0 Å². The van der Waals surface area contributed by atoms with Crippen molar-refractivity contribution in [3.05, 3.63) is 29.8 Å². The highest BCUT2D eigenvalue weighted by atomic mass is 32.2. The Bertz CT molecular complexity index is 1880. The minimum Gasteiger partial charge on any atom is -0.508 e. The third-order valence-corrected chi connectivity index (χ3v) is 15.5. The van der Waals surface area contributed by atoms with Gasteiger partial charge in [0.1, 0.15) is 79.0 Å². The lowest BCUT2D eigenvalue weighted by Gasteiger charge is -2.48. The molecule has 0 radical (unpaired) electrons. The fourth-order valence-corrected chi connectivity index (χ4v) is 11.8. The molecule has 1 saturated carbocycles. The number of fused-ring (bicyclic) bond motifs is 3. The Hall–Kier alpha value is -2.41. The third kappa shape index (κ3) is 8.24. The Labute approximate surface area is 367 Å². The minimum absolute atomic E-state index is 0.0724. The number of esters is 1. The molecule has 11 N–H and O–H groups in total. The molecule has 6 aliphatic heterocycles. The van der Waals surface area contributed by atoms with E-state index in [1.165, 1.54) is 38.1 Å². The highest BCUT2D eigenvalue weighted by Gasteiger charge is 2.75. The first-order chi connectivity index (χ1) is 30.2. The molecule has 25 atom stereocenters. The highest BCUT2D eigenvalue weighted by molar-refractivity contribution is 7.86. The number of ketones is 1. The Morgan fingerprint density at radius 3 is 2.08 bits per heavy atom. The van der Waals surface area contributed by atoms with Crippen molar-refractivity contribution in [2.45, 2.75) is 167 Å². The van der Waals surface area contributed by atoms with E-state index in [9.17, 15) is 70.0 Å². The van der Waals surface area contributed by atoms with Gasteiger partial charge in [-0.15, -0.1) is 0 Å². The molecule has 6 heterocycles. The number of hydrogen-bond acceptors (Lipinski definition) is 23. The largest absolute Gasteiger partial charge is 0.508 e. The predicted molar refractivity (Wildman–Crippen MR) is 207 cm³/mol. The topological polar surface area (TPSA) is 357 Å². The van der Waals surface area contributed by atoms with Crippen LogP contribution in [-0.2, 0) is 58.2 Å². The first-order valence-corrected chi connectivity index (χ1v) is 22.5. The molecule has 1 spiro atoms. The Balaban J connectivity index is 0.995. The number of aromatic hydroxyl groups is 1. The number of phenols is 1. The Kier molecular flexibility index (Phi) is 13.7. The van der Waals surface area contributed by atoms with Gasteiger partial charge in [-0.3, -0.25) is 9.00 Å². The first-order valence-electron chi connectivity index (χ1n) is 21.1. The van der Waals surface area contributed by atoms with E-state index < -0.39 is 174 Å². The summed E-state index contributed by atoms with van der Waals surface area (Å²) in [4.78, 5) is 27.3. The second-order valence-corrected chi connectivity index (χ2v) is 19.5. The van der Waals surface area contributed by atoms with E-state index in [0.717, 1.165) is 0 Å². The second kappa shape index (κ2) is 18.2. The van der Waals surface area contributed by atoms with Crippen LogP contribution in [0.25, 0.3) is 0 Å². The molecule has 6 saturated heterocycles. The molecule has 1 aliphatic carbocycles. The molecule has 8 rings (SSSR count). The maximum atomic E-state index is 14.2. The number of Topliss-reactive ketones (excluding diaryl/α,β-unsaturated/α-hetero) is 1. The van der Waals surface area contributed by atoms with Crippen molar-refractivity contribution >= 4 is 22.6 Å². The summed E-state index contributed by atoms with van der Waals surface area (Å²) in [5.74, 6) is -5.74. The van der Waals surface area contributed by atoms with Gasteiger partial charge >= 0.3 is 5.97 Å². The normalized spacial score (nSPS) is 51.7. The SMILES string of the molecule is C[C@@H]1CO[C@@]2(C[C@@H]1OC(=O)c1ccc(O)cc1)O[C@@H]1[C@@H]3[C@H](C[C@H](O)[C@]1(O)C2=O)[C@@H](O[C@@H]1O[C@H](C)[C@@H](O)[C@H](O)[C@H]1O[C@@H]1O[C@H](CO)[C@@H](O)[C@H](O[C@@H]2O[C@@H](C)[C@H](O)[C@@H](O)[C@H]2O)[C@H]1O)C[S@]3=O. The Morgan fingerprint density at radius 2 is 1.41 bits per heavy atom. The van der Waals surface area contributed by atoms with Crippen LogP contribution in [0.1, 0.15) is 44.0 Å². The summed E-state index contributed by atoms with van der Waals surface area (Å²) in [5, 5.41) is 118. The van der Waals surface area contributed by atoms with E-state index in [1.54, 1.807) is 6.92 Å². The number of benzene rings is 1. The molecule has 1 aromatic carbocycles. The molecule has 0 aromatic heterocycles. The summed E-state index contributed by atoms with van der Waals surface area (Å²) in [6.45, 7) is 3.47. The van der Waals surface area contributed by atoms with Crippen LogP contribution in [0.15, 0.2) is 24.3 Å². The molecule has 64 heavy (non-hydrogen) atoms. The summed E-state index contributed by atoms with van der Waals surface area (Å²) in [5.41, 5.74) is -2.50. The fourth-order valence-electron chi connectivity index (χ4n) is 9.76. The second-order valence-electron chi connectivity index (χ2n) is 17.8. The van der Waals surface area contributed by atoms with E-state index in [-0.39, 0.29) is 36.5 Å². The lowest BCUT2D eigenvalue weighted by atomic mass is 9.70. The van der Waals surface area contributed by atoms with Gasteiger partial charge in [0.25, 0.3) is 0 Å². The zero-order valence-corrected chi connectivity index (χ0v) is 35.6. The van der Waals surface area contributed by atoms with Crippen LogP contribution in [0.5, 0.6) is 5.75 Å². The average Bonchev–Trinajstić information content (AvgIpc) is 3.68. The van der Waals surface area contributed by atoms with Gasteiger partial charge in [-0.05, 0) is 44.5 Å². The quantitative estimate of drug-likeness (QED) is 0.103. The summed E-state index contributed by atoms with van der Waals surface area (Å²) >= 11 is 0. The summed E-state index contributed by atoms with van der Waals surface area (Å²) in [6.07, 6.45) is -31.0. The van der Waals surface area contributed by atoms with Crippen molar-refractivity contribution in [2.24, 2.45) is 11.8 Å². The number of hydrogen-bond donors (Lipinski definition) is 11. The summed E-state index contributed by atoms with van der Waals surface area (Å²) in [7, 11) is -1.94. The van der Waals surface area contributed by atoms with Crippen LogP contribution in [0.3, 0.4) is 0 Å². The Morgan fingerprint density at radius 1 is 0.781 bits per heavy atom. The van der Waals surface area contributed by atoms with Crippen molar-refractivity contribution in [3.63, 3.8) is 0 Å². The molecular formula is C40H56O23S. The van der Waals surface area contributed by atoms with Crippen LogP contribution >= 0.6 is 0 Å². The molecule has 23 nitrogen and oxygen atoms in total. The van der Waals surface area contributed by atoms with Gasteiger partial charge in [0.15, 0.2) is 24.5 Å².